The Balaban J connectivity index is 1.67. The molecule has 3 rings (SSSR count). The van der Waals surface area contributed by atoms with Crippen LogP contribution >= 0.6 is 0 Å². The molecule has 25 heavy (non-hydrogen) atoms. The van der Waals surface area contributed by atoms with Crippen LogP contribution in [0.5, 0.6) is 0 Å². The Kier molecular flexibility index (Phi) is 4.83. The Morgan fingerprint density at radius 2 is 2.12 bits per heavy atom. The maximum Gasteiger partial charge on any atom is 0.253 e. The van der Waals surface area contributed by atoms with E-state index in [1.807, 2.05) is 13.8 Å². The number of aryl methyl sites for hydroxylation is 2. The van der Waals surface area contributed by atoms with Crippen molar-refractivity contribution in [1.82, 2.24) is 20.4 Å². The lowest BCUT2D eigenvalue weighted by Gasteiger charge is -2.28. The van der Waals surface area contributed by atoms with Crippen LogP contribution in [0.15, 0.2) is 16.9 Å². The summed E-state index contributed by atoms with van der Waals surface area (Å²) in [6, 6.07) is 0. The van der Waals surface area contributed by atoms with Gasteiger partial charge in [0.15, 0.2) is 0 Å². The van der Waals surface area contributed by atoms with Gasteiger partial charge < -0.3 is 14.7 Å². The number of rotatable bonds is 4. The van der Waals surface area contributed by atoms with Gasteiger partial charge >= 0.3 is 0 Å². The number of nitrogens with zero attached hydrogens (tertiary/aromatic N) is 3. The maximum atomic E-state index is 12.6. The van der Waals surface area contributed by atoms with Crippen LogP contribution in [0.3, 0.4) is 0 Å². The van der Waals surface area contributed by atoms with Gasteiger partial charge in [0, 0.05) is 44.5 Å². The number of hydrogen-bond donors (Lipinski definition) is 1. The minimum Gasteiger partial charge on any atom is -0.361 e. The molecular weight excluding hydrogens is 320 g/mol. The fraction of sp³-hybridized carbons (Fsp3) is 0.444. The van der Waals surface area contributed by atoms with Crippen molar-refractivity contribution in [2.75, 3.05) is 13.1 Å². The molecule has 0 saturated heterocycles. The average Bonchev–Trinajstić information content (AvgIpc) is 2.92. The smallest absolute Gasteiger partial charge is 0.253 e. The van der Waals surface area contributed by atoms with Crippen molar-refractivity contribution < 1.29 is 14.1 Å². The minimum absolute atomic E-state index is 0.0416. The number of nitrogens with one attached hydrogen (secondary N) is 1. The second-order valence-corrected chi connectivity index (χ2v) is 6.32. The van der Waals surface area contributed by atoms with Crippen LogP contribution in [0.2, 0.25) is 0 Å². The highest BCUT2D eigenvalue weighted by Crippen LogP contribution is 2.21. The van der Waals surface area contributed by atoms with E-state index in [1.54, 1.807) is 24.2 Å². The highest BCUT2D eigenvalue weighted by Gasteiger charge is 2.23. The molecule has 0 aliphatic carbocycles. The van der Waals surface area contributed by atoms with E-state index < -0.39 is 0 Å². The largest absolute Gasteiger partial charge is 0.361 e. The third kappa shape index (κ3) is 3.55. The molecule has 1 aliphatic heterocycles. The molecule has 0 radical (unpaired) electrons. The molecule has 0 aromatic carbocycles. The molecule has 7 heteroatoms. The van der Waals surface area contributed by atoms with Crippen molar-refractivity contribution >= 4 is 11.8 Å². The van der Waals surface area contributed by atoms with Gasteiger partial charge in [-0.25, -0.2) is 0 Å². The van der Waals surface area contributed by atoms with Crippen LogP contribution < -0.4 is 5.32 Å². The molecule has 0 unspecified atom stereocenters. The summed E-state index contributed by atoms with van der Waals surface area (Å²) in [7, 11) is 0. The number of carbonyl (C=O) groups excluding carboxylic acids is 2. The lowest BCUT2D eigenvalue weighted by Crippen LogP contribution is -2.36. The first-order valence-corrected chi connectivity index (χ1v) is 8.38. The third-order valence-corrected chi connectivity index (χ3v) is 4.67. The Morgan fingerprint density at radius 1 is 1.32 bits per heavy atom. The van der Waals surface area contributed by atoms with E-state index in [0.717, 1.165) is 28.1 Å². The van der Waals surface area contributed by atoms with Gasteiger partial charge in [0.1, 0.15) is 5.76 Å². The maximum absolute atomic E-state index is 12.6. The van der Waals surface area contributed by atoms with Crippen molar-refractivity contribution in [2.24, 2.45) is 0 Å². The molecule has 7 nitrogen and oxygen atoms in total. The van der Waals surface area contributed by atoms with E-state index in [1.165, 1.54) is 0 Å². The van der Waals surface area contributed by atoms with Crippen molar-refractivity contribution in [3.8, 4) is 0 Å². The van der Waals surface area contributed by atoms with E-state index in [0.29, 0.717) is 38.0 Å². The fourth-order valence-corrected chi connectivity index (χ4v) is 3.21. The summed E-state index contributed by atoms with van der Waals surface area (Å²) in [5, 5.41) is 6.87. The number of amides is 2. The van der Waals surface area contributed by atoms with Crippen LogP contribution in [0, 0.1) is 13.8 Å². The SMILES string of the molecule is CC(=O)N1CCc2c(cncc2C(=O)NCCc2c(C)noc2C)C1. The van der Waals surface area contributed by atoms with Gasteiger partial charge in [0.05, 0.1) is 11.3 Å². The van der Waals surface area contributed by atoms with Crippen LogP contribution in [0.4, 0.5) is 0 Å². The highest BCUT2D eigenvalue weighted by molar-refractivity contribution is 5.95. The van der Waals surface area contributed by atoms with Crippen LogP contribution in [0.1, 0.15) is 45.4 Å². The summed E-state index contributed by atoms with van der Waals surface area (Å²) in [4.78, 5) is 30.1. The fourth-order valence-electron chi connectivity index (χ4n) is 3.21. The first-order valence-electron chi connectivity index (χ1n) is 8.38. The van der Waals surface area contributed by atoms with Crippen molar-refractivity contribution in [1.29, 1.82) is 0 Å². The van der Waals surface area contributed by atoms with E-state index in [4.69, 9.17) is 4.52 Å². The molecule has 2 aromatic rings. The molecule has 2 amide bonds. The first-order chi connectivity index (χ1) is 12.0. The van der Waals surface area contributed by atoms with Gasteiger partial charge in [-0.2, -0.15) is 0 Å². The molecule has 0 spiro atoms. The number of hydrogen-bond acceptors (Lipinski definition) is 5. The third-order valence-electron chi connectivity index (χ3n) is 4.67. The molecule has 0 bridgehead atoms. The molecule has 1 aliphatic rings. The Labute approximate surface area is 146 Å². The van der Waals surface area contributed by atoms with Gasteiger partial charge in [0.2, 0.25) is 5.91 Å². The summed E-state index contributed by atoms with van der Waals surface area (Å²) >= 11 is 0. The van der Waals surface area contributed by atoms with Gasteiger partial charge in [-0.05, 0) is 37.8 Å². The van der Waals surface area contributed by atoms with Crippen LogP contribution in [-0.2, 0) is 24.2 Å². The summed E-state index contributed by atoms with van der Waals surface area (Å²) in [5.74, 6) is 0.696. The highest BCUT2D eigenvalue weighted by atomic mass is 16.5. The van der Waals surface area contributed by atoms with Crippen molar-refractivity contribution in [3.63, 3.8) is 0 Å². The summed E-state index contributed by atoms with van der Waals surface area (Å²) in [6.45, 7) is 6.97. The number of fused-ring (bicyclic) bond motifs is 1. The predicted molar refractivity (Wildman–Crippen MR) is 91.0 cm³/mol. The average molecular weight is 342 g/mol. The Hall–Kier alpha value is -2.70. The van der Waals surface area contributed by atoms with Gasteiger partial charge in [-0.15, -0.1) is 0 Å². The molecular formula is C18H22N4O3. The Morgan fingerprint density at radius 3 is 2.80 bits per heavy atom. The lowest BCUT2D eigenvalue weighted by atomic mass is 9.96. The molecule has 0 saturated carbocycles. The van der Waals surface area contributed by atoms with Crippen LogP contribution in [0.25, 0.3) is 0 Å². The lowest BCUT2D eigenvalue weighted by molar-refractivity contribution is -0.129. The van der Waals surface area contributed by atoms with E-state index >= 15 is 0 Å². The molecule has 2 aromatic heterocycles. The quantitative estimate of drug-likeness (QED) is 0.911. The second kappa shape index (κ2) is 7.04. The van der Waals surface area contributed by atoms with E-state index in [-0.39, 0.29) is 11.8 Å². The van der Waals surface area contributed by atoms with E-state index in [2.05, 4.69) is 15.5 Å². The minimum atomic E-state index is -0.132. The van der Waals surface area contributed by atoms with Crippen molar-refractivity contribution in [3.05, 3.63) is 46.1 Å². The van der Waals surface area contributed by atoms with Crippen LogP contribution in [-0.4, -0.2) is 39.9 Å². The molecule has 1 N–H and O–H groups in total. The van der Waals surface area contributed by atoms with E-state index in [9.17, 15) is 9.59 Å². The molecule has 3 heterocycles. The summed E-state index contributed by atoms with van der Waals surface area (Å²) in [6.07, 6.45) is 4.69. The predicted octanol–water partition coefficient (Wildman–Crippen LogP) is 1.56. The molecule has 132 valence electrons. The standard InChI is InChI=1S/C18H22N4O3/c1-11-15(12(2)25-21-11)4-6-20-18(24)17-9-19-8-14-10-22(13(3)23)7-5-16(14)17/h8-9H,4-7,10H2,1-3H3,(H,20,24). The van der Waals surface area contributed by atoms with Gasteiger partial charge in [-0.1, -0.05) is 5.16 Å². The second-order valence-electron chi connectivity index (χ2n) is 6.32. The normalized spacial score (nSPS) is 13.5. The molecule has 0 fully saturated rings. The van der Waals surface area contributed by atoms with Gasteiger partial charge in [-0.3, -0.25) is 14.6 Å². The summed E-state index contributed by atoms with van der Waals surface area (Å²) < 4.78 is 5.14. The topological polar surface area (TPSA) is 88.3 Å². The Bertz CT molecular complexity index is 793. The van der Waals surface area contributed by atoms with Gasteiger partial charge in [0.25, 0.3) is 5.91 Å². The zero-order chi connectivity index (χ0) is 18.0. The summed E-state index contributed by atoms with van der Waals surface area (Å²) in [5.41, 5.74) is 4.42. The number of aromatic nitrogens is 2. The first kappa shape index (κ1) is 17.1. The monoisotopic (exact) mass is 342 g/mol. The van der Waals surface area contributed by atoms with Crippen molar-refractivity contribution in [2.45, 2.75) is 40.2 Å². The zero-order valence-corrected chi connectivity index (χ0v) is 14.8. The number of pyridine rings is 1. The molecule has 0 atom stereocenters. The zero-order valence-electron chi connectivity index (χ0n) is 14.8. The number of carbonyl (C=O) groups is 2.